The first kappa shape index (κ1) is 13.7. The molecule has 3 aromatic rings. The Morgan fingerprint density at radius 1 is 1.05 bits per heavy atom. The van der Waals surface area contributed by atoms with E-state index in [2.05, 4.69) is 66.2 Å². The molecule has 0 aliphatic carbocycles. The first-order chi connectivity index (χ1) is 10.3. The molecule has 3 rings (SSSR count). The maximum atomic E-state index is 4.74. The van der Waals surface area contributed by atoms with Crippen molar-refractivity contribution < 1.29 is 0 Å². The number of nitrogens with one attached hydrogen (secondary N) is 1. The van der Waals surface area contributed by atoms with Gasteiger partial charge in [-0.2, -0.15) is 0 Å². The number of unbranched alkanes of at least 4 members (excludes halogenated alkanes) is 1. The van der Waals surface area contributed by atoms with Crippen molar-refractivity contribution in [3.05, 3.63) is 54.1 Å². The minimum Gasteiger partial charge on any atom is -0.326 e. The van der Waals surface area contributed by atoms with Gasteiger partial charge in [-0.15, -0.1) is 0 Å². The monoisotopic (exact) mass is 279 g/mol. The van der Waals surface area contributed by atoms with Gasteiger partial charge in [0.2, 0.25) is 5.95 Å². The molecule has 0 atom stereocenters. The third kappa shape index (κ3) is 2.92. The Hall–Kier alpha value is -2.29. The van der Waals surface area contributed by atoms with Crippen LogP contribution in [-0.2, 0) is 6.54 Å². The van der Waals surface area contributed by atoms with Crippen LogP contribution in [0.1, 0.15) is 25.3 Å². The second-order valence-electron chi connectivity index (χ2n) is 5.42. The molecule has 0 spiro atoms. The molecule has 0 radical (unpaired) electrons. The second kappa shape index (κ2) is 6.00. The van der Waals surface area contributed by atoms with Gasteiger partial charge in [0.25, 0.3) is 0 Å². The number of rotatable bonds is 5. The van der Waals surface area contributed by atoms with Crippen LogP contribution in [0.3, 0.4) is 0 Å². The van der Waals surface area contributed by atoms with Gasteiger partial charge in [-0.3, -0.25) is 0 Å². The number of aromatic nitrogens is 2. The van der Waals surface area contributed by atoms with E-state index in [4.69, 9.17) is 4.98 Å². The molecule has 3 heteroatoms. The highest BCUT2D eigenvalue weighted by Crippen LogP contribution is 2.23. The summed E-state index contributed by atoms with van der Waals surface area (Å²) in [4.78, 5) is 4.74. The third-order valence-corrected chi connectivity index (χ3v) is 3.70. The minimum atomic E-state index is 0.925. The van der Waals surface area contributed by atoms with Crippen LogP contribution in [0.4, 0.5) is 11.6 Å². The number of para-hydroxylation sites is 2. The van der Waals surface area contributed by atoms with E-state index < -0.39 is 0 Å². The van der Waals surface area contributed by atoms with E-state index in [1.54, 1.807) is 0 Å². The Balaban J connectivity index is 1.97. The SMILES string of the molecule is CCCCn1c(Nc2ccc(C)cc2)nc2ccccc21. The van der Waals surface area contributed by atoms with E-state index in [-0.39, 0.29) is 0 Å². The lowest BCUT2D eigenvalue weighted by molar-refractivity contribution is 0.652. The van der Waals surface area contributed by atoms with Crippen molar-refractivity contribution in [2.75, 3.05) is 5.32 Å². The fourth-order valence-electron chi connectivity index (χ4n) is 2.48. The summed E-state index contributed by atoms with van der Waals surface area (Å²) in [6.07, 6.45) is 2.33. The number of anilines is 2. The lowest BCUT2D eigenvalue weighted by atomic mass is 10.2. The summed E-state index contributed by atoms with van der Waals surface area (Å²) in [5.41, 5.74) is 4.58. The molecule has 0 aliphatic rings. The fraction of sp³-hybridized carbons (Fsp3) is 0.278. The normalized spacial score (nSPS) is 11.0. The molecular weight excluding hydrogens is 258 g/mol. The lowest BCUT2D eigenvalue weighted by Crippen LogP contribution is -2.04. The molecule has 1 N–H and O–H groups in total. The van der Waals surface area contributed by atoms with E-state index >= 15 is 0 Å². The van der Waals surface area contributed by atoms with Crippen molar-refractivity contribution >= 4 is 22.7 Å². The van der Waals surface area contributed by atoms with Gasteiger partial charge in [0.05, 0.1) is 11.0 Å². The van der Waals surface area contributed by atoms with Crippen LogP contribution >= 0.6 is 0 Å². The van der Waals surface area contributed by atoms with Crippen molar-refractivity contribution in [2.24, 2.45) is 0 Å². The molecule has 0 amide bonds. The zero-order valence-electron chi connectivity index (χ0n) is 12.6. The van der Waals surface area contributed by atoms with Crippen molar-refractivity contribution in [1.82, 2.24) is 9.55 Å². The standard InChI is InChI=1S/C18H21N3/c1-3-4-13-21-17-8-6-5-7-16(17)20-18(21)19-15-11-9-14(2)10-12-15/h5-12H,3-4,13H2,1-2H3,(H,19,20). The molecule has 0 bridgehead atoms. The van der Waals surface area contributed by atoms with Crippen LogP contribution in [0.5, 0.6) is 0 Å². The molecule has 0 fully saturated rings. The van der Waals surface area contributed by atoms with Gasteiger partial charge in [-0.25, -0.2) is 4.98 Å². The molecule has 1 heterocycles. The van der Waals surface area contributed by atoms with Gasteiger partial charge in [0, 0.05) is 12.2 Å². The maximum Gasteiger partial charge on any atom is 0.208 e. The number of imidazole rings is 1. The van der Waals surface area contributed by atoms with Crippen LogP contribution < -0.4 is 5.32 Å². The van der Waals surface area contributed by atoms with Crippen molar-refractivity contribution in [2.45, 2.75) is 33.2 Å². The average Bonchev–Trinajstić information content (AvgIpc) is 2.85. The van der Waals surface area contributed by atoms with Gasteiger partial charge >= 0.3 is 0 Å². The Bertz CT molecular complexity index is 726. The summed E-state index contributed by atoms with van der Waals surface area (Å²) in [5, 5.41) is 3.45. The van der Waals surface area contributed by atoms with Crippen molar-refractivity contribution in [3.63, 3.8) is 0 Å². The van der Waals surface area contributed by atoms with Gasteiger partial charge < -0.3 is 9.88 Å². The molecule has 2 aromatic carbocycles. The minimum absolute atomic E-state index is 0.925. The summed E-state index contributed by atoms with van der Waals surface area (Å²) < 4.78 is 2.28. The van der Waals surface area contributed by atoms with Crippen LogP contribution in [-0.4, -0.2) is 9.55 Å². The van der Waals surface area contributed by atoms with Gasteiger partial charge in [0.15, 0.2) is 0 Å². The second-order valence-corrected chi connectivity index (χ2v) is 5.42. The molecule has 0 saturated carbocycles. The molecule has 1 aromatic heterocycles. The number of benzene rings is 2. The molecule has 21 heavy (non-hydrogen) atoms. The Kier molecular flexibility index (Phi) is 3.91. The maximum absolute atomic E-state index is 4.74. The Morgan fingerprint density at radius 3 is 2.57 bits per heavy atom. The Morgan fingerprint density at radius 2 is 1.81 bits per heavy atom. The summed E-state index contributed by atoms with van der Waals surface area (Å²) in [6.45, 7) is 5.30. The lowest BCUT2D eigenvalue weighted by Gasteiger charge is -2.10. The first-order valence-corrected chi connectivity index (χ1v) is 7.57. The molecular formula is C18H21N3. The number of aryl methyl sites for hydroxylation is 2. The van der Waals surface area contributed by atoms with Gasteiger partial charge in [-0.05, 0) is 37.6 Å². The first-order valence-electron chi connectivity index (χ1n) is 7.57. The van der Waals surface area contributed by atoms with Crippen molar-refractivity contribution in [1.29, 1.82) is 0 Å². The highest BCUT2D eigenvalue weighted by molar-refractivity contribution is 5.79. The summed E-state index contributed by atoms with van der Waals surface area (Å²) in [5.74, 6) is 0.925. The zero-order valence-corrected chi connectivity index (χ0v) is 12.6. The van der Waals surface area contributed by atoms with Crippen LogP contribution in [0.15, 0.2) is 48.5 Å². The highest BCUT2D eigenvalue weighted by atomic mass is 15.2. The number of hydrogen-bond donors (Lipinski definition) is 1. The molecule has 3 nitrogen and oxygen atoms in total. The zero-order chi connectivity index (χ0) is 14.7. The van der Waals surface area contributed by atoms with Crippen LogP contribution in [0.2, 0.25) is 0 Å². The number of hydrogen-bond acceptors (Lipinski definition) is 2. The molecule has 0 saturated heterocycles. The number of fused-ring (bicyclic) bond motifs is 1. The van der Waals surface area contributed by atoms with Gasteiger partial charge in [-0.1, -0.05) is 43.2 Å². The quantitative estimate of drug-likeness (QED) is 0.720. The highest BCUT2D eigenvalue weighted by Gasteiger charge is 2.09. The third-order valence-electron chi connectivity index (χ3n) is 3.70. The van der Waals surface area contributed by atoms with Gasteiger partial charge in [0.1, 0.15) is 0 Å². The fourth-order valence-corrected chi connectivity index (χ4v) is 2.48. The van der Waals surface area contributed by atoms with E-state index in [0.717, 1.165) is 30.1 Å². The largest absolute Gasteiger partial charge is 0.326 e. The summed E-state index contributed by atoms with van der Waals surface area (Å²) in [7, 11) is 0. The molecule has 0 unspecified atom stereocenters. The molecule has 0 aliphatic heterocycles. The topological polar surface area (TPSA) is 29.9 Å². The van der Waals surface area contributed by atoms with Crippen molar-refractivity contribution in [3.8, 4) is 0 Å². The van der Waals surface area contributed by atoms with E-state index in [1.807, 2.05) is 6.07 Å². The van der Waals surface area contributed by atoms with Crippen LogP contribution in [0.25, 0.3) is 11.0 Å². The summed E-state index contributed by atoms with van der Waals surface area (Å²) >= 11 is 0. The predicted octanol–water partition coefficient (Wildman–Crippen LogP) is 4.89. The summed E-state index contributed by atoms with van der Waals surface area (Å²) in [6, 6.07) is 16.7. The Labute approximate surface area is 125 Å². The van der Waals surface area contributed by atoms with Crippen LogP contribution in [0, 0.1) is 6.92 Å². The van der Waals surface area contributed by atoms with E-state index in [1.165, 1.54) is 17.5 Å². The smallest absolute Gasteiger partial charge is 0.208 e. The van der Waals surface area contributed by atoms with E-state index in [0.29, 0.717) is 0 Å². The van der Waals surface area contributed by atoms with E-state index in [9.17, 15) is 0 Å². The molecule has 108 valence electrons. The average molecular weight is 279 g/mol. The number of nitrogens with zero attached hydrogens (tertiary/aromatic N) is 2. The predicted molar refractivity (Wildman–Crippen MR) is 89.1 cm³/mol.